The van der Waals surface area contributed by atoms with Gasteiger partial charge in [0.05, 0.1) is 21.3 Å². The van der Waals surface area contributed by atoms with Crippen molar-refractivity contribution in [1.82, 2.24) is 14.8 Å². The van der Waals surface area contributed by atoms with E-state index in [1.54, 1.807) is 19.1 Å². The van der Waals surface area contributed by atoms with Crippen LogP contribution in [-0.2, 0) is 11.3 Å². The Labute approximate surface area is 178 Å². The molecule has 31 heavy (non-hydrogen) atoms. The summed E-state index contributed by atoms with van der Waals surface area (Å²) >= 11 is 0. The van der Waals surface area contributed by atoms with Crippen molar-refractivity contribution < 1.29 is 23.4 Å². The Bertz CT molecular complexity index is 1220. The lowest BCUT2D eigenvalue weighted by molar-refractivity contribution is -0.116. The van der Waals surface area contributed by atoms with Gasteiger partial charge in [-0.15, -0.1) is 10.2 Å². The Morgan fingerprint density at radius 2 is 1.77 bits per heavy atom. The molecular formula is C22H22N4O5. The van der Waals surface area contributed by atoms with E-state index < -0.39 is 0 Å². The Balaban J connectivity index is 1.57. The number of benzene rings is 2. The summed E-state index contributed by atoms with van der Waals surface area (Å²) in [6.07, 6.45) is 1.86. The predicted octanol–water partition coefficient (Wildman–Crippen LogP) is 3.66. The minimum atomic E-state index is -0.203. The molecular weight excluding hydrogens is 400 g/mol. The van der Waals surface area contributed by atoms with E-state index in [1.165, 1.54) is 21.3 Å². The van der Waals surface area contributed by atoms with Crippen LogP contribution in [0.5, 0.6) is 17.2 Å². The van der Waals surface area contributed by atoms with Gasteiger partial charge < -0.3 is 28.5 Å². The number of rotatable bonds is 7. The van der Waals surface area contributed by atoms with Crippen molar-refractivity contribution in [2.24, 2.45) is 0 Å². The molecule has 0 spiro atoms. The Kier molecular flexibility index (Phi) is 5.48. The van der Waals surface area contributed by atoms with E-state index in [2.05, 4.69) is 15.5 Å². The number of nitrogens with zero attached hydrogens (tertiary/aromatic N) is 3. The van der Waals surface area contributed by atoms with Crippen molar-refractivity contribution in [2.75, 3.05) is 26.6 Å². The van der Waals surface area contributed by atoms with E-state index in [0.29, 0.717) is 34.7 Å². The average molecular weight is 422 g/mol. The van der Waals surface area contributed by atoms with Gasteiger partial charge >= 0.3 is 0 Å². The molecule has 4 rings (SSSR count). The van der Waals surface area contributed by atoms with Gasteiger partial charge in [0.2, 0.25) is 23.4 Å². The zero-order valence-electron chi connectivity index (χ0n) is 17.6. The number of nitrogens with one attached hydrogen (secondary N) is 1. The summed E-state index contributed by atoms with van der Waals surface area (Å²) in [5.74, 6) is 2.12. The van der Waals surface area contributed by atoms with E-state index in [-0.39, 0.29) is 12.5 Å². The van der Waals surface area contributed by atoms with E-state index in [9.17, 15) is 4.79 Å². The second-order valence-corrected chi connectivity index (χ2v) is 6.81. The van der Waals surface area contributed by atoms with Crippen molar-refractivity contribution in [1.29, 1.82) is 0 Å². The van der Waals surface area contributed by atoms with Gasteiger partial charge in [-0.2, -0.15) is 0 Å². The molecule has 0 aliphatic rings. The topological polar surface area (TPSA) is 101 Å². The molecule has 0 atom stereocenters. The number of carbonyl (C=O) groups excluding carboxylic acids is 1. The van der Waals surface area contributed by atoms with Crippen LogP contribution in [0.15, 0.2) is 47.0 Å². The molecule has 1 N–H and O–H groups in total. The van der Waals surface area contributed by atoms with Crippen LogP contribution in [0.25, 0.3) is 22.4 Å². The standard InChI is InChI=1S/C22H22N4O5/c1-13-24-25-22(31-13)15-6-5-14-7-8-26(17(14)9-15)12-20(27)23-16-10-18(28-2)21(30-4)19(11-16)29-3/h5-11H,12H2,1-4H3,(H,23,27). The number of amides is 1. The lowest BCUT2D eigenvalue weighted by atomic mass is 10.1. The molecule has 0 bridgehead atoms. The number of hydrogen-bond donors (Lipinski definition) is 1. The third-order valence-electron chi connectivity index (χ3n) is 4.81. The van der Waals surface area contributed by atoms with Crippen molar-refractivity contribution in [3.05, 3.63) is 48.5 Å². The highest BCUT2D eigenvalue weighted by atomic mass is 16.5. The molecule has 0 unspecified atom stereocenters. The largest absolute Gasteiger partial charge is 0.493 e. The zero-order valence-corrected chi connectivity index (χ0v) is 17.6. The Morgan fingerprint density at radius 3 is 2.39 bits per heavy atom. The van der Waals surface area contributed by atoms with Crippen LogP contribution in [-0.4, -0.2) is 42.0 Å². The van der Waals surface area contributed by atoms with Gasteiger partial charge in [-0.1, -0.05) is 6.07 Å². The van der Waals surface area contributed by atoms with Gasteiger partial charge in [0, 0.05) is 42.0 Å². The summed E-state index contributed by atoms with van der Waals surface area (Å²) < 4.78 is 23.4. The van der Waals surface area contributed by atoms with Crippen molar-refractivity contribution >= 4 is 22.5 Å². The van der Waals surface area contributed by atoms with Crippen LogP contribution in [0.4, 0.5) is 5.69 Å². The summed E-state index contributed by atoms with van der Waals surface area (Å²) in [6, 6.07) is 11.1. The van der Waals surface area contributed by atoms with E-state index >= 15 is 0 Å². The first-order valence-electron chi connectivity index (χ1n) is 9.51. The molecule has 9 heteroatoms. The number of methoxy groups -OCH3 is 3. The molecule has 0 aliphatic carbocycles. The van der Waals surface area contributed by atoms with Crippen LogP contribution in [0.2, 0.25) is 0 Å². The molecule has 2 aromatic carbocycles. The minimum absolute atomic E-state index is 0.118. The number of hydrogen-bond acceptors (Lipinski definition) is 7. The normalized spacial score (nSPS) is 10.8. The van der Waals surface area contributed by atoms with E-state index in [4.69, 9.17) is 18.6 Å². The maximum atomic E-state index is 12.7. The van der Waals surface area contributed by atoms with Crippen LogP contribution in [0, 0.1) is 6.92 Å². The maximum absolute atomic E-state index is 12.7. The molecule has 2 aromatic heterocycles. The first-order chi connectivity index (χ1) is 15.0. The highest BCUT2D eigenvalue weighted by Crippen LogP contribution is 2.40. The SMILES string of the molecule is COc1cc(NC(=O)Cn2ccc3ccc(-c4nnc(C)o4)cc32)cc(OC)c1OC. The maximum Gasteiger partial charge on any atom is 0.247 e. The summed E-state index contributed by atoms with van der Waals surface area (Å²) in [6.45, 7) is 1.86. The fraction of sp³-hybridized carbons (Fsp3) is 0.227. The van der Waals surface area contributed by atoms with Gasteiger partial charge in [-0.05, 0) is 23.6 Å². The summed E-state index contributed by atoms with van der Waals surface area (Å²) in [4.78, 5) is 12.7. The number of fused-ring (bicyclic) bond motifs is 1. The molecule has 1 amide bonds. The summed E-state index contributed by atoms with van der Waals surface area (Å²) in [5.41, 5.74) is 2.21. The molecule has 2 heterocycles. The third-order valence-corrected chi connectivity index (χ3v) is 4.81. The van der Waals surface area contributed by atoms with Crippen molar-refractivity contribution in [2.45, 2.75) is 13.5 Å². The fourth-order valence-corrected chi connectivity index (χ4v) is 3.38. The molecule has 0 saturated heterocycles. The number of carbonyl (C=O) groups is 1. The van der Waals surface area contributed by atoms with Crippen LogP contribution in [0.3, 0.4) is 0 Å². The van der Waals surface area contributed by atoms with Crippen molar-refractivity contribution in [3.63, 3.8) is 0 Å². The highest BCUT2D eigenvalue weighted by molar-refractivity contribution is 5.93. The molecule has 0 fully saturated rings. The van der Waals surface area contributed by atoms with Crippen LogP contribution in [0.1, 0.15) is 5.89 Å². The van der Waals surface area contributed by atoms with Gasteiger partial charge in [0.1, 0.15) is 6.54 Å². The summed E-state index contributed by atoms with van der Waals surface area (Å²) in [5, 5.41) is 11.8. The van der Waals surface area contributed by atoms with Crippen molar-refractivity contribution in [3.8, 4) is 28.7 Å². The first kappa shape index (κ1) is 20.3. The number of ether oxygens (including phenoxy) is 3. The number of anilines is 1. The van der Waals surface area contributed by atoms with Gasteiger partial charge in [-0.3, -0.25) is 4.79 Å². The monoisotopic (exact) mass is 422 g/mol. The second kappa shape index (κ2) is 8.39. The van der Waals surface area contributed by atoms with E-state index in [0.717, 1.165) is 16.5 Å². The molecule has 9 nitrogen and oxygen atoms in total. The lowest BCUT2D eigenvalue weighted by Gasteiger charge is -2.15. The molecule has 4 aromatic rings. The average Bonchev–Trinajstić information content (AvgIpc) is 3.38. The third kappa shape index (κ3) is 4.02. The number of aromatic nitrogens is 3. The van der Waals surface area contributed by atoms with Gasteiger partial charge in [0.25, 0.3) is 0 Å². The fourth-order valence-electron chi connectivity index (χ4n) is 3.38. The Morgan fingerprint density at radius 1 is 1.03 bits per heavy atom. The van der Waals surface area contributed by atoms with Gasteiger partial charge in [0.15, 0.2) is 11.5 Å². The lowest BCUT2D eigenvalue weighted by Crippen LogP contribution is -2.18. The quantitative estimate of drug-likeness (QED) is 0.485. The minimum Gasteiger partial charge on any atom is -0.493 e. The molecule has 0 aliphatic heterocycles. The highest BCUT2D eigenvalue weighted by Gasteiger charge is 2.15. The van der Waals surface area contributed by atoms with Crippen LogP contribution < -0.4 is 19.5 Å². The molecule has 0 radical (unpaired) electrons. The molecule has 0 saturated carbocycles. The van der Waals surface area contributed by atoms with Gasteiger partial charge in [-0.25, -0.2) is 0 Å². The molecule has 160 valence electrons. The summed E-state index contributed by atoms with van der Waals surface area (Å²) in [7, 11) is 4.58. The zero-order chi connectivity index (χ0) is 22.0. The number of aryl methyl sites for hydroxylation is 1. The van der Waals surface area contributed by atoms with Crippen LogP contribution >= 0.6 is 0 Å². The Hall–Kier alpha value is -4.01. The smallest absolute Gasteiger partial charge is 0.247 e. The first-order valence-corrected chi connectivity index (χ1v) is 9.51. The predicted molar refractivity (Wildman–Crippen MR) is 115 cm³/mol. The van der Waals surface area contributed by atoms with E-state index in [1.807, 2.05) is 35.0 Å². The second-order valence-electron chi connectivity index (χ2n) is 6.81.